The van der Waals surface area contributed by atoms with E-state index in [2.05, 4.69) is 137 Å². The number of aromatic amines is 3. The van der Waals surface area contributed by atoms with Crippen LogP contribution < -0.4 is 51.3 Å². The Kier molecular flexibility index (Phi) is 23.3. The van der Waals surface area contributed by atoms with Gasteiger partial charge in [-0.25, -0.2) is 48.1 Å². The van der Waals surface area contributed by atoms with Crippen LogP contribution in [-0.4, -0.2) is 177 Å². The molecule has 12 heterocycles. The highest BCUT2D eigenvalue weighted by Gasteiger charge is 2.23. The van der Waals surface area contributed by atoms with Gasteiger partial charge >= 0.3 is 6.03 Å². The number of amides is 6. The second kappa shape index (κ2) is 34.5. The minimum absolute atomic E-state index is 0.114. The standard InChI is InChI=1S/C26H25N7O3.C25H24N8O3.C25H25N7O4S/c1-2-23(34)31-20-8-7-19(27-15-20)13-24(35)30-18-5-3-17(4-6-18)22-14-21-25(32-22)28-16-29-26(21)33-9-11-36-12-10-33;1-2-22(34)29-18-7-8-21(26-14-18)32-25(35)30-17-5-3-16(4-6-17)20-13-19-23(31-20)27-15-28-24(19)33-9-11-36-12-10-33;1-2-23(33)29-19-7-8-20(26-14-19)15-37(34,35)31-18-5-3-17(4-6-18)22-13-21-24(30-22)27-16-28-25(21)32-9-11-36-12-10-32/h2-8,14-16H,1,9-13H2,(H,30,35)(H,31,34)(H,28,29,32);2-8,13-15H,1,9-12H2,(H,29,34)(H,27,28,31)(H2,26,30,32,35);2-8,13-14,16,31H,1,9-12,15H2,(H,29,33)(H,27,28,30). The second-order valence-electron chi connectivity index (χ2n) is 24.7. The molecule has 15 rings (SSSR count). The predicted molar refractivity (Wildman–Crippen MR) is 417 cm³/mol. The zero-order valence-corrected chi connectivity index (χ0v) is 59.5. The molecule has 0 bridgehead atoms. The summed E-state index contributed by atoms with van der Waals surface area (Å²) in [7, 11) is -3.70. The Morgan fingerprint density at radius 3 is 1.13 bits per heavy atom. The van der Waals surface area contributed by atoms with Crippen LogP contribution in [0.1, 0.15) is 11.4 Å². The van der Waals surface area contributed by atoms with Crippen LogP contribution in [0.5, 0.6) is 0 Å². The van der Waals surface area contributed by atoms with Crippen molar-refractivity contribution < 1.29 is 46.6 Å². The summed E-state index contributed by atoms with van der Waals surface area (Å²) >= 11 is 0. The van der Waals surface area contributed by atoms with Crippen LogP contribution >= 0.6 is 0 Å². The molecule has 10 N–H and O–H groups in total. The smallest absolute Gasteiger partial charge is 0.324 e. The monoisotopic (exact) mass is 1490 g/mol. The molecule has 6 amide bonds. The zero-order chi connectivity index (χ0) is 75.6. The molecule has 0 saturated carbocycles. The molecule has 0 atom stereocenters. The maximum Gasteiger partial charge on any atom is 0.324 e. The number of morpholine rings is 3. The summed E-state index contributed by atoms with van der Waals surface area (Å²) in [5.41, 5.74) is 11.9. The minimum atomic E-state index is -3.70. The number of rotatable bonds is 21. The number of urea groups is 1. The van der Waals surface area contributed by atoms with Crippen molar-refractivity contribution in [2.24, 2.45) is 0 Å². The molecule has 554 valence electrons. The van der Waals surface area contributed by atoms with Crippen LogP contribution in [0.15, 0.2) is 203 Å². The van der Waals surface area contributed by atoms with Crippen LogP contribution in [0, 0.1) is 0 Å². The third-order valence-corrected chi connectivity index (χ3v) is 18.5. The van der Waals surface area contributed by atoms with Gasteiger partial charge in [0, 0.05) is 79.1 Å². The van der Waals surface area contributed by atoms with E-state index in [1.165, 1.54) is 30.7 Å². The van der Waals surface area contributed by atoms with Gasteiger partial charge in [-0.05, 0) is 126 Å². The number of fused-ring (bicyclic) bond motifs is 3. The summed E-state index contributed by atoms with van der Waals surface area (Å²) < 4.78 is 44.3. The lowest BCUT2D eigenvalue weighted by molar-refractivity contribution is -0.116. The van der Waals surface area contributed by atoms with Gasteiger partial charge in [-0.15, -0.1) is 0 Å². The number of benzene rings is 3. The number of H-pyrrole nitrogens is 3. The largest absolute Gasteiger partial charge is 0.378 e. The molecule has 109 heavy (non-hydrogen) atoms. The molecule has 32 nitrogen and oxygen atoms in total. The number of carbonyl (C=O) groups excluding carboxylic acids is 5. The first-order valence-corrected chi connectivity index (χ1v) is 36.1. The van der Waals surface area contributed by atoms with E-state index < -0.39 is 16.1 Å². The van der Waals surface area contributed by atoms with Crippen LogP contribution in [0.3, 0.4) is 0 Å². The van der Waals surface area contributed by atoms with E-state index in [9.17, 15) is 32.4 Å². The van der Waals surface area contributed by atoms with Gasteiger partial charge in [0.2, 0.25) is 33.7 Å². The quantitative estimate of drug-likeness (QED) is 0.0299. The number of ether oxygens (including phenoxy) is 3. The van der Waals surface area contributed by atoms with Crippen LogP contribution in [-0.2, 0) is 55.6 Å². The van der Waals surface area contributed by atoms with E-state index >= 15 is 0 Å². The number of anilines is 10. The van der Waals surface area contributed by atoms with Crippen molar-refractivity contribution in [3.8, 4) is 33.8 Å². The highest BCUT2D eigenvalue weighted by atomic mass is 32.2. The van der Waals surface area contributed by atoms with Gasteiger partial charge in [0.15, 0.2) is 0 Å². The molecule has 3 aromatic carbocycles. The SMILES string of the molecule is C=CC(=O)Nc1ccc(CC(=O)Nc2ccc(-c3cc4c(N5CCOCC5)ncnc4[nH]3)cc2)nc1.C=CC(=O)Nc1ccc(CS(=O)(=O)Nc2ccc(-c3cc4c(N5CCOCC5)ncnc4[nH]3)cc2)nc1.C=CC(=O)Nc1ccc(NC(=O)Nc2ccc(-c3cc4c(N5CCOCC5)ncnc4[nH]3)cc2)nc1. The molecule has 12 aromatic rings. The lowest BCUT2D eigenvalue weighted by Crippen LogP contribution is -2.36. The maximum absolute atomic E-state index is 12.7. The molecule has 3 fully saturated rings. The van der Waals surface area contributed by atoms with Crippen molar-refractivity contribution in [1.82, 2.24) is 59.8 Å². The third kappa shape index (κ3) is 19.3. The van der Waals surface area contributed by atoms with Crippen molar-refractivity contribution in [3.63, 3.8) is 0 Å². The predicted octanol–water partition coefficient (Wildman–Crippen LogP) is 9.71. The molecule has 0 spiro atoms. The van der Waals surface area contributed by atoms with Gasteiger partial charge in [-0.1, -0.05) is 56.1 Å². The van der Waals surface area contributed by atoms with Gasteiger partial charge in [0.25, 0.3) is 0 Å². The van der Waals surface area contributed by atoms with Crippen molar-refractivity contribution in [2.45, 2.75) is 12.2 Å². The highest BCUT2D eigenvalue weighted by molar-refractivity contribution is 7.91. The molecule has 3 aliphatic rings. The van der Waals surface area contributed by atoms with E-state index in [4.69, 9.17) is 14.2 Å². The van der Waals surface area contributed by atoms with Crippen LogP contribution in [0.4, 0.5) is 62.2 Å². The highest BCUT2D eigenvalue weighted by Crippen LogP contribution is 2.34. The fraction of sp³-hybridized carbons (Fsp3) is 0.184. The first-order valence-electron chi connectivity index (χ1n) is 34.4. The molecule has 0 unspecified atom stereocenters. The van der Waals surface area contributed by atoms with E-state index in [-0.39, 0.29) is 35.8 Å². The van der Waals surface area contributed by atoms with Crippen LogP contribution in [0.25, 0.3) is 66.9 Å². The topological polar surface area (TPSA) is 404 Å². The summed E-state index contributed by atoms with van der Waals surface area (Å²) in [5, 5.41) is 19.0. The van der Waals surface area contributed by atoms with Gasteiger partial charge in [-0.3, -0.25) is 39.2 Å². The van der Waals surface area contributed by atoms with E-state index in [1.807, 2.05) is 72.8 Å². The first kappa shape index (κ1) is 73.7. The van der Waals surface area contributed by atoms with Crippen LogP contribution in [0.2, 0.25) is 0 Å². The third-order valence-electron chi connectivity index (χ3n) is 17.2. The number of aromatic nitrogens is 12. The Bertz CT molecular complexity index is 5160. The van der Waals surface area contributed by atoms with Gasteiger partial charge in [0.1, 0.15) is 64.9 Å². The minimum Gasteiger partial charge on any atom is -0.378 e. The molecule has 0 aliphatic carbocycles. The summed E-state index contributed by atoms with van der Waals surface area (Å²) in [6.45, 7) is 19.0. The Balaban J connectivity index is 0.000000144. The fourth-order valence-electron chi connectivity index (χ4n) is 11.9. The second-order valence-corrected chi connectivity index (χ2v) is 26.4. The van der Waals surface area contributed by atoms with E-state index in [0.717, 1.165) is 130 Å². The molecule has 0 radical (unpaired) electrons. The normalized spacial score (nSPS) is 13.5. The number of nitrogens with one attached hydrogen (secondary N) is 10. The van der Waals surface area contributed by atoms with Gasteiger partial charge in [-0.2, -0.15) is 0 Å². The Morgan fingerprint density at radius 2 is 0.761 bits per heavy atom. The number of sulfonamides is 1. The number of hydrogen-bond donors (Lipinski definition) is 10. The summed E-state index contributed by atoms with van der Waals surface area (Å²) in [6.07, 6.45) is 12.6. The lowest BCUT2D eigenvalue weighted by atomic mass is 10.1. The average molecular weight is 1490 g/mol. The Hall–Kier alpha value is -13.6. The number of hydrogen-bond acceptors (Lipinski definition) is 22. The van der Waals surface area contributed by atoms with Crippen molar-refractivity contribution in [3.05, 3.63) is 214 Å². The number of pyridine rings is 3. The molecule has 33 heteroatoms. The number of carbonyl (C=O) groups is 5. The van der Waals surface area contributed by atoms with Crippen molar-refractivity contribution >= 4 is 130 Å². The summed E-state index contributed by atoms with van der Waals surface area (Å²) in [5.74, 6) is 1.49. The number of nitrogens with zero attached hydrogens (tertiary/aromatic N) is 12. The zero-order valence-electron chi connectivity index (χ0n) is 58.7. The van der Waals surface area contributed by atoms with Gasteiger partial charge < -0.3 is 70.4 Å². The lowest BCUT2D eigenvalue weighted by Gasteiger charge is -2.27. The molecular weight excluding hydrogens is 1410 g/mol. The Labute approximate surface area is 624 Å². The van der Waals surface area contributed by atoms with E-state index in [1.54, 1.807) is 67.5 Å². The first-order chi connectivity index (χ1) is 53.1. The molecule has 3 saturated heterocycles. The molecule has 9 aromatic heterocycles. The molecule has 3 aliphatic heterocycles. The molecular formula is C76H74N22O10S. The Morgan fingerprint density at radius 1 is 0.404 bits per heavy atom. The summed E-state index contributed by atoms with van der Waals surface area (Å²) in [4.78, 5) is 115. The van der Waals surface area contributed by atoms with Crippen molar-refractivity contribution in [1.29, 1.82) is 0 Å². The fourth-order valence-corrected chi connectivity index (χ4v) is 13.0. The van der Waals surface area contributed by atoms with Crippen molar-refractivity contribution in [2.75, 3.05) is 130 Å². The maximum atomic E-state index is 12.7. The average Bonchev–Trinajstić information content (AvgIpc) is 1.66. The summed E-state index contributed by atoms with van der Waals surface area (Å²) in [6, 6.07) is 37.5. The van der Waals surface area contributed by atoms with E-state index in [0.29, 0.717) is 91.0 Å². The van der Waals surface area contributed by atoms with Gasteiger partial charge in [0.05, 0.1) is 104 Å².